The number of halogens is 6. The Balaban J connectivity index is 2.74. The van der Waals surface area contributed by atoms with Gasteiger partial charge < -0.3 is 5.32 Å². The molecule has 0 spiro atoms. The van der Waals surface area contributed by atoms with Crippen LogP contribution >= 0.6 is 0 Å². The third-order valence-corrected chi connectivity index (χ3v) is 1.97. The SMILES string of the molecule is CC(CC(F)(F)F)Nc1cccc(C(F)(F)F)n1. The summed E-state index contributed by atoms with van der Waals surface area (Å²) in [7, 11) is 0. The molecule has 1 heterocycles. The van der Waals surface area contributed by atoms with E-state index in [0.717, 1.165) is 12.1 Å². The van der Waals surface area contributed by atoms with Crippen molar-refractivity contribution in [3.05, 3.63) is 23.9 Å². The summed E-state index contributed by atoms with van der Waals surface area (Å²) in [5.74, 6) is -0.235. The second kappa shape index (κ2) is 5.03. The zero-order valence-corrected chi connectivity index (χ0v) is 9.23. The van der Waals surface area contributed by atoms with Crippen molar-refractivity contribution in [2.75, 3.05) is 5.32 Å². The van der Waals surface area contributed by atoms with Crippen molar-refractivity contribution in [1.29, 1.82) is 0 Å². The Morgan fingerprint density at radius 2 is 1.78 bits per heavy atom. The summed E-state index contributed by atoms with van der Waals surface area (Å²) in [6.07, 6.45) is -10.1. The van der Waals surface area contributed by atoms with Crippen LogP contribution in [0.5, 0.6) is 0 Å². The maximum Gasteiger partial charge on any atom is 0.433 e. The molecule has 0 fully saturated rings. The maximum atomic E-state index is 12.3. The van der Waals surface area contributed by atoms with Gasteiger partial charge in [0.25, 0.3) is 0 Å². The Morgan fingerprint density at radius 1 is 1.17 bits per heavy atom. The molecule has 0 amide bonds. The summed E-state index contributed by atoms with van der Waals surface area (Å²) in [5.41, 5.74) is -1.15. The van der Waals surface area contributed by atoms with Crippen LogP contribution in [0.3, 0.4) is 0 Å². The average molecular weight is 272 g/mol. The van der Waals surface area contributed by atoms with Crippen molar-refractivity contribution >= 4 is 5.82 Å². The van der Waals surface area contributed by atoms with Crippen LogP contribution in [0.25, 0.3) is 0 Å². The summed E-state index contributed by atoms with van der Waals surface area (Å²) in [6.45, 7) is 1.22. The van der Waals surface area contributed by atoms with Crippen molar-refractivity contribution < 1.29 is 26.3 Å². The smallest absolute Gasteiger partial charge is 0.367 e. The molecule has 1 unspecified atom stereocenters. The van der Waals surface area contributed by atoms with Crippen molar-refractivity contribution in [2.24, 2.45) is 0 Å². The first-order valence-corrected chi connectivity index (χ1v) is 4.95. The number of hydrogen-bond donors (Lipinski definition) is 1. The van der Waals surface area contributed by atoms with Crippen LogP contribution in [0.4, 0.5) is 32.2 Å². The molecule has 0 saturated carbocycles. The van der Waals surface area contributed by atoms with Crippen LogP contribution in [0.1, 0.15) is 19.0 Å². The van der Waals surface area contributed by atoms with E-state index in [1.807, 2.05) is 0 Å². The Labute approximate surface area is 99.0 Å². The van der Waals surface area contributed by atoms with Gasteiger partial charge in [0.15, 0.2) is 0 Å². The molecule has 102 valence electrons. The molecule has 0 aliphatic carbocycles. The van der Waals surface area contributed by atoms with Crippen LogP contribution in [0, 0.1) is 0 Å². The van der Waals surface area contributed by atoms with Crippen molar-refractivity contribution in [3.63, 3.8) is 0 Å². The molecule has 0 bridgehead atoms. The molecule has 8 heteroatoms. The zero-order chi connectivity index (χ0) is 14.0. The number of nitrogens with one attached hydrogen (secondary N) is 1. The fourth-order valence-corrected chi connectivity index (χ4v) is 1.32. The van der Waals surface area contributed by atoms with E-state index < -0.39 is 30.5 Å². The Hall–Kier alpha value is -1.47. The van der Waals surface area contributed by atoms with Crippen LogP contribution in [0.15, 0.2) is 18.2 Å². The zero-order valence-electron chi connectivity index (χ0n) is 9.23. The lowest BCUT2D eigenvalue weighted by molar-refractivity contribution is -0.141. The van der Waals surface area contributed by atoms with Crippen molar-refractivity contribution in [2.45, 2.75) is 31.7 Å². The van der Waals surface area contributed by atoms with E-state index >= 15 is 0 Å². The van der Waals surface area contributed by atoms with E-state index in [1.54, 1.807) is 0 Å². The second-order valence-corrected chi connectivity index (χ2v) is 3.77. The van der Waals surface area contributed by atoms with Crippen LogP contribution < -0.4 is 5.32 Å². The highest BCUT2D eigenvalue weighted by Crippen LogP contribution is 2.28. The lowest BCUT2D eigenvalue weighted by Crippen LogP contribution is -2.24. The van der Waals surface area contributed by atoms with E-state index in [1.165, 1.54) is 13.0 Å². The van der Waals surface area contributed by atoms with Crippen LogP contribution in [0.2, 0.25) is 0 Å². The number of hydrogen-bond acceptors (Lipinski definition) is 2. The highest BCUT2D eigenvalue weighted by atomic mass is 19.4. The van der Waals surface area contributed by atoms with Crippen molar-refractivity contribution in [3.8, 4) is 0 Å². The fourth-order valence-electron chi connectivity index (χ4n) is 1.32. The highest BCUT2D eigenvalue weighted by molar-refractivity contribution is 5.36. The average Bonchev–Trinajstić information content (AvgIpc) is 2.13. The number of nitrogens with zero attached hydrogens (tertiary/aromatic N) is 1. The summed E-state index contributed by atoms with van der Waals surface area (Å²) < 4.78 is 73.0. The van der Waals surface area contributed by atoms with Gasteiger partial charge in [-0.3, -0.25) is 0 Å². The Bertz CT molecular complexity index is 398. The quantitative estimate of drug-likeness (QED) is 0.845. The van der Waals surface area contributed by atoms with Crippen LogP contribution in [-0.4, -0.2) is 17.2 Å². The minimum Gasteiger partial charge on any atom is -0.367 e. The van der Waals surface area contributed by atoms with E-state index in [0.29, 0.717) is 0 Å². The topological polar surface area (TPSA) is 24.9 Å². The number of pyridine rings is 1. The number of aromatic nitrogens is 1. The third-order valence-electron chi connectivity index (χ3n) is 1.97. The number of rotatable bonds is 3. The Morgan fingerprint density at radius 3 is 2.28 bits per heavy atom. The molecule has 1 aromatic rings. The van der Waals surface area contributed by atoms with Crippen molar-refractivity contribution in [1.82, 2.24) is 4.98 Å². The van der Waals surface area contributed by atoms with Gasteiger partial charge in [0, 0.05) is 6.04 Å². The molecule has 0 aliphatic heterocycles. The summed E-state index contributed by atoms with van der Waals surface area (Å²) in [4.78, 5) is 3.21. The van der Waals surface area contributed by atoms with Gasteiger partial charge in [0.05, 0.1) is 6.42 Å². The van der Waals surface area contributed by atoms with E-state index in [4.69, 9.17) is 0 Å². The maximum absolute atomic E-state index is 12.3. The molecule has 0 radical (unpaired) electrons. The van der Waals surface area contributed by atoms with Gasteiger partial charge in [-0.25, -0.2) is 4.98 Å². The predicted molar refractivity (Wildman–Crippen MR) is 53.0 cm³/mol. The van der Waals surface area contributed by atoms with E-state index in [2.05, 4.69) is 10.3 Å². The number of anilines is 1. The molecule has 0 aromatic carbocycles. The second-order valence-electron chi connectivity index (χ2n) is 3.77. The monoisotopic (exact) mass is 272 g/mol. The molecule has 2 nitrogen and oxygen atoms in total. The fraction of sp³-hybridized carbons (Fsp3) is 0.500. The van der Waals surface area contributed by atoms with E-state index in [9.17, 15) is 26.3 Å². The minimum atomic E-state index is -4.62. The lowest BCUT2D eigenvalue weighted by atomic mass is 10.2. The highest BCUT2D eigenvalue weighted by Gasteiger charge is 2.33. The van der Waals surface area contributed by atoms with Gasteiger partial charge in [0.2, 0.25) is 0 Å². The summed E-state index contributed by atoms with van der Waals surface area (Å²) in [5, 5.41) is 2.28. The molecule has 0 saturated heterocycles. The van der Waals surface area contributed by atoms with Gasteiger partial charge in [-0.2, -0.15) is 26.3 Å². The molecule has 1 rings (SSSR count). The summed E-state index contributed by atoms with van der Waals surface area (Å²) >= 11 is 0. The standard InChI is InChI=1S/C10H10F6N2/c1-6(5-9(11,12)13)17-8-4-2-3-7(18-8)10(14,15)16/h2-4,6H,5H2,1H3,(H,17,18). The van der Waals surface area contributed by atoms with Gasteiger partial charge in [-0.1, -0.05) is 6.07 Å². The van der Waals surface area contributed by atoms with Gasteiger partial charge in [0.1, 0.15) is 11.5 Å². The molecule has 1 atom stereocenters. The lowest BCUT2D eigenvalue weighted by Gasteiger charge is -2.17. The third kappa shape index (κ3) is 4.80. The number of alkyl halides is 6. The van der Waals surface area contributed by atoms with Gasteiger partial charge >= 0.3 is 12.4 Å². The normalized spacial score (nSPS) is 14.4. The van der Waals surface area contributed by atoms with E-state index in [-0.39, 0.29) is 5.82 Å². The van der Waals surface area contributed by atoms with Crippen LogP contribution in [-0.2, 0) is 6.18 Å². The minimum absolute atomic E-state index is 0.235. The first kappa shape index (κ1) is 14.6. The summed E-state index contributed by atoms with van der Waals surface area (Å²) in [6, 6.07) is 1.96. The molecular formula is C10H10F6N2. The molecule has 0 aliphatic rings. The van der Waals surface area contributed by atoms with Gasteiger partial charge in [-0.15, -0.1) is 0 Å². The van der Waals surface area contributed by atoms with Gasteiger partial charge in [-0.05, 0) is 19.1 Å². The molecular weight excluding hydrogens is 262 g/mol. The molecule has 1 N–H and O–H groups in total. The first-order chi connectivity index (χ1) is 8.08. The predicted octanol–water partition coefficient (Wildman–Crippen LogP) is 3.85. The molecule has 1 aromatic heterocycles. The first-order valence-electron chi connectivity index (χ1n) is 4.95. The molecule has 18 heavy (non-hydrogen) atoms. The Kier molecular flexibility index (Phi) is 4.08. The largest absolute Gasteiger partial charge is 0.433 e.